The molecule has 4 N–H and O–H groups in total. The van der Waals surface area contributed by atoms with E-state index in [4.69, 9.17) is 123 Å². The van der Waals surface area contributed by atoms with E-state index in [-0.39, 0.29) is 179 Å². The molecular formula is C82H127N6O39P. The van der Waals surface area contributed by atoms with Crippen LogP contribution in [0.3, 0.4) is 0 Å². The summed E-state index contributed by atoms with van der Waals surface area (Å²) in [5.41, 5.74) is 0.115. The van der Waals surface area contributed by atoms with Crippen LogP contribution in [-0.2, 0) is 166 Å². The van der Waals surface area contributed by atoms with Gasteiger partial charge in [-0.1, -0.05) is 0 Å². The molecule has 0 spiro atoms. The Morgan fingerprint density at radius 1 is 0.391 bits per heavy atom. The average molecular weight is 1850 g/mol. The van der Waals surface area contributed by atoms with Crippen molar-refractivity contribution in [2.45, 2.75) is 259 Å². The number of esters is 9. The van der Waals surface area contributed by atoms with Crippen LogP contribution in [0.2, 0.25) is 0 Å². The molecule has 5 rings (SSSR count). The number of nitrogens with zero attached hydrogens (tertiary/aromatic N) is 2. The van der Waals surface area contributed by atoms with E-state index in [2.05, 4.69) is 59.7 Å². The highest BCUT2D eigenvalue weighted by molar-refractivity contribution is 7.44. The summed E-state index contributed by atoms with van der Waals surface area (Å²) in [6, 6.07) is 1.34. The fraction of sp³-hybridized carbons (Fsp3) is 0.756. The van der Waals surface area contributed by atoms with Crippen molar-refractivity contribution < 1.29 is 185 Å². The van der Waals surface area contributed by atoms with E-state index in [1.807, 2.05) is 0 Å². The summed E-state index contributed by atoms with van der Waals surface area (Å²) < 4.78 is 154. The van der Waals surface area contributed by atoms with Gasteiger partial charge in [-0.15, -0.1) is 0 Å². The summed E-state index contributed by atoms with van der Waals surface area (Å²) in [4.78, 5) is 162. The zero-order valence-corrected chi connectivity index (χ0v) is 76.4. The average Bonchev–Trinajstić information content (AvgIpc) is 0.810. The van der Waals surface area contributed by atoms with Crippen LogP contribution in [0.25, 0.3) is 0 Å². The maximum atomic E-state index is 14.7. The van der Waals surface area contributed by atoms with Gasteiger partial charge in [-0.05, 0) is 65.5 Å². The monoisotopic (exact) mass is 1850 g/mol. The molecule has 3 saturated heterocycles. The summed E-state index contributed by atoms with van der Waals surface area (Å²) in [6.45, 7) is 19.8. The first-order valence-corrected chi connectivity index (χ1v) is 43.2. The van der Waals surface area contributed by atoms with Gasteiger partial charge in [-0.25, -0.2) is 4.67 Å². The number of benzene rings is 1. The smallest absolute Gasteiger partial charge is 0.303 e. The maximum Gasteiger partial charge on any atom is 0.303 e. The third-order valence-corrected chi connectivity index (χ3v) is 20.7. The van der Waals surface area contributed by atoms with Crippen LogP contribution >= 0.6 is 8.53 Å². The Balaban J connectivity index is 1.33. The second-order valence-corrected chi connectivity index (χ2v) is 31.3. The highest BCUT2D eigenvalue weighted by Crippen LogP contribution is 2.49. The van der Waals surface area contributed by atoms with E-state index in [9.17, 15) is 67.6 Å². The predicted octanol–water partition coefficient (Wildman–Crippen LogP) is 2.27. The number of carbonyl (C=O) groups excluding carboxylic acids is 13. The highest BCUT2D eigenvalue weighted by Gasteiger charge is 2.55. The fourth-order valence-electron chi connectivity index (χ4n) is 13.6. The van der Waals surface area contributed by atoms with Crippen LogP contribution in [0.5, 0.6) is 17.2 Å². The molecule has 1 aromatic carbocycles. The molecule has 4 aliphatic rings. The molecule has 4 fully saturated rings. The Labute approximate surface area is 744 Å². The van der Waals surface area contributed by atoms with Gasteiger partial charge < -0.3 is 144 Å². The molecule has 0 bridgehead atoms. The standard InChI is InChI=1S/C82H127N6O39P/c1-47(2)88(48(3)4)128(117-23-17-22-83)127-63-20-18-62(19-21-63)87-79(101)61-42-64(108-36-30-102-24-27-105-33-39-111-80-69(84-49(5)89)76(121-58(14)98)73(118-55(11)95)66(124-80)44-114-52(8)92)72(110-38-32-104-26-29-107-35-41-113-82-71(86-51(7)91)78(123-60(16)100)75(120-57(13)97)68(126-82)46-116-54(10)94)65(43-61)109-37-31-103-25-28-106-34-40-112-81-70(85-50(6)90)77(122-59(15)99)74(119-56(12)96)67(125-81)45-115-53(9)93/h42-43,47-48,62-63,66-71,73-78,80-82H,17-21,23-41,44-46H2,1-16H3,(H,84,89)(H,85,90)(H,86,91)(H,87,101)/t62-,63-,66-,67-,68-,69-,70-,71-,73+,74+,75+,76-,77-,78-,80-,81-,82-,128?/m1/s1. The summed E-state index contributed by atoms with van der Waals surface area (Å²) in [5, 5.41) is 20.4. The van der Waals surface area contributed by atoms with Crippen LogP contribution in [0.4, 0.5) is 0 Å². The first kappa shape index (κ1) is 110. The van der Waals surface area contributed by atoms with Crippen LogP contribution in [0.15, 0.2) is 12.1 Å². The van der Waals surface area contributed by atoms with Crippen molar-refractivity contribution in [3.63, 3.8) is 0 Å². The van der Waals surface area contributed by atoms with Gasteiger partial charge in [0.05, 0.1) is 124 Å². The van der Waals surface area contributed by atoms with Crippen molar-refractivity contribution in [1.29, 1.82) is 5.26 Å². The number of nitriles is 1. The minimum atomic E-state index is -1.53. The fourth-order valence-corrected chi connectivity index (χ4v) is 15.4. The summed E-state index contributed by atoms with van der Waals surface area (Å²) >= 11 is 0. The van der Waals surface area contributed by atoms with E-state index >= 15 is 0 Å². The zero-order chi connectivity index (χ0) is 94.4. The lowest BCUT2D eigenvalue weighted by atomic mass is 9.93. The summed E-state index contributed by atoms with van der Waals surface area (Å²) in [6.07, 6.45) is -13.4. The molecule has 3 aliphatic heterocycles. The van der Waals surface area contributed by atoms with E-state index in [0.717, 1.165) is 62.3 Å². The third kappa shape index (κ3) is 41.0. The van der Waals surface area contributed by atoms with Crippen LogP contribution in [0.1, 0.15) is 153 Å². The molecule has 1 aliphatic carbocycles. The summed E-state index contributed by atoms with van der Waals surface area (Å²) in [7, 11) is -1.53. The molecule has 0 aromatic heterocycles. The van der Waals surface area contributed by atoms with Crippen molar-refractivity contribution in [2.24, 2.45) is 0 Å². The SMILES string of the molecule is CC(=O)N[C@H]1[C@H](OCCOCCOCCOc2cc(C(=O)N[C@H]3CC[C@H](OP(OCCC#N)N(C(C)C)C(C)C)CC3)cc(OCCOCCOCCO[C@@H]3O[C@H](COC(C)=O)[C@H](OC(C)=O)[C@H](OC(C)=O)[C@H]3NC(C)=O)c2OCCOCCOCCO[C@@H]2O[C@H](COC(C)=O)[C@H](OC(C)=O)[C@H](OC(C)=O)[C@H]2NC(C)=O)O[C@H](COC(C)=O)[C@H](OC(C)=O)[C@@H]1OC(C)=O. The quantitative estimate of drug-likeness (QED) is 0.0314. The number of hydrogen-bond acceptors (Lipinski definition) is 41. The topological polar surface area (TPSA) is 537 Å². The van der Waals surface area contributed by atoms with E-state index in [0.29, 0.717) is 25.7 Å². The molecule has 1 unspecified atom stereocenters. The van der Waals surface area contributed by atoms with Gasteiger partial charge >= 0.3 is 53.7 Å². The van der Waals surface area contributed by atoms with Crippen LogP contribution < -0.4 is 35.5 Å². The normalized spacial score (nSPS) is 24.0. The second kappa shape index (κ2) is 59.4. The first-order valence-electron chi connectivity index (χ1n) is 42.1. The Hall–Kier alpha value is -8.95. The first-order chi connectivity index (χ1) is 61.0. The molecule has 4 amide bonds. The highest BCUT2D eigenvalue weighted by atomic mass is 31.2. The van der Waals surface area contributed by atoms with E-state index < -0.39 is 198 Å². The number of nitrogens with one attached hydrogen (secondary N) is 4. The van der Waals surface area contributed by atoms with E-state index in [1.54, 1.807) is 0 Å². The Morgan fingerprint density at radius 2 is 0.688 bits per heavy atom. The Morgan fingerprint density at radius 3 is 0.977 bits per heavy atom. The minimum absolute atomic E-state index is 0.0170. The van der Waals surface area contributed by atoms with Gasteiger partial charge in [0.2, 0.25) is 23.5 Å². The molecule has 724 valence electrons. The molecule has 128 heavy (non-hydrogen) atoms. The molecule has 16 atom stereocenters. The van der Waals surface area contributed by atoms with Gasteiger partial charge in [0.25, 0.3) is 14.4 Å². The van der Waals surface area contributed by atoms with Crippen molar-refractivity contribution in [1.82, 2.24) is 25.9 Å². The van der Waals surface area contributed by atoms with Crippen LogP contribution in [0, 0.1) is 11.3 Å². The van der Waals surface area contributed by atoms with Gasteiger partial charge in [-0.3, -0.25) is 62.3 Å². The lowest BCUT2D eigenvalue weighted by Crippen LogP contribution is -2.66. The molecule has 1 aromatic rings. The van der Waals surface area contributed by atoms with Crippen molar-refractivity contribution >= 4 is 85.9 Å². The third-order valence-electron chi connectivity index (χ3n) is 18.5. The number of amides is 4. The van der Waals surface area contributed by atoms with Crippen molar-refractivity contribution in [2.75, 3.05) is 145 Å². The van der Waals surface area contributed by atoms with Gasteiger partial charge in [0, 0.05) is 107 Å². The lowest BCUT2D eigenvalue weighted by molar-refractivity contribution is -0.279. The minimum Gasteiger partial charge on any atom is -0.487 e. The van der Waals surface area contributed by atoms with E-state index in [1.165, 1.54) is 32.9 Å². The van der Waals surface area contributed by atoms with Crippen LogP contribution in [-0.4, -0.2) is 344 Å². The largest absolute Gasteiger partial charge is 0.487 e. The number of rotatable bonds is 58. The van der Waals surface area contributed by atoms with Crippen molar-refractivity contribution in [3.8, 4) is 23.3 Å². The molecule has 0 radical (unpaired) electrons. The summed E-state index contributed by atoms with van der Waals surface area (Å²) in [5.74, 6) is -8.75. The molecule has 3 heterocycles. The zero-order valence-electron chi connectivity index (χ0n) is 75.5. The number of ether oxygens (including phenoxy) is 24. The molecular weight excluding hydrogens is 1720 g/mol. The van der Waals surface area contributed by atoms with Crippen molar-refractivity contribution in [3.05, 3.63) is 17.7 Å². The van der Waals surface area contributed by atoms with Gasteiger partial charge in [-0.2, -0.15) is 5.26 Å². The maximum absolute atomic E-state index is 14.7. The lowest BCUT2D eigenvalue weighted by Gasteiger charge is -2.44. The predicted molar refractivity (Wildman–Crippen MR) is 438 cm³/mol. The van der Waals surface area contributed by atoms with Gasteiger partial charge in [0.1, 0.15) is 76.1 Å². The van der Waals surface area contributed by atoms with Gasteiger partial charge in [0.15, 0.2) is 67.0 Å². The second-order valence-electron chi connectivity index (χ2n) is 29.9. The molecule has 45 nitrogen and oxygen atoms in total. The number of carbonyl (C=O) groups is 13. The Bertz CT molecular complexity index is 3560. The molecule has 46 heteroatoms. The number of hydrogen-bond donors (Lipinski definition) is 4. The Kier molecular flexibility index (Phi) is 50.8. The molecule has 1 saturated carbocycles.